The van der Waals surface area contributed by atoms with Crippen LogP contribution in [0.15, 0.2) is 6.07 Å². The maximum absolute atomic E-state index is 11.7. The van der Waals surface area contributed by atoms with Gasteiger partial charge in [-0.05, 0) is 18.9 Å². The smallest absolute Gasteiger partial charge is 0.155 e. The van der Waals surface area contributed by atoms with Crippen LogP contribution in [-0.4, -0.2) is 21.6 Å². The van der Waals surface area contributed by atoms with Gasteiger partial charge in [0, 0.05) is 12.7 Å². The van der Waals surface area contributed by atoms with Gasteiger partial charge in [0.15, 0.2) is 5.78 Å². The number of hydrogen-bond donors (Lipinski definition) is 1. The lowest BCUT2D eigenvalue weighted by Crippen LogP contribution is -2.36. The predicted octanol–water partition coefficient (Wildman–Crippen LogP) is 0.823. The van der Waals surface area contributed by atoms with Crippen molar-refractivity contribution in [2.24, 2.45) is 18.7 Å². The maximum Gasteiger partial charge on any atom is 0.155 e. The van der Waals surface area contributed by atoms with Gasteiger partial charge in [0.1, 0.15) is 0 Å². The molecule has 1 rings (SSSR count). The van der Waals surface area contributed by atoms with Crippen molar-refractivity contribution in [1.82, 2.24) is 9.78 Å². The molecule has 0 aromatic carbocycles. The SMILES string of the molecule is Cc1cc(CC(=O)C(N)C(C)C)n(C)n1. The van der Waals surface area contributed by atoms with Crippen LogP contribution in [0.5, 0.6) is 0 Å². The molecule has 4 heteroatoms. The van der Waals surface area contributed by atoms with Crippen molar-refractivity contribution < 1.29 is 4.79 Å². The molecule has 1 atom stereocenters. The van der Waals surface area contributed by atoms with Crippen LogP contribution in [0.4, 0.5) is 0 Å². The average molecular weight is 209 g/mol. The molecule has 1 heterocycles. The minimum absolute atomic E-state index is 0.0769. The first kappa shape index (κ1) is 11.9. The fourth-order valence-electron chi connectivity index (χ4n) is 1.50. The van der Waals surface area contributed by atoms with Gasteiger partial charge in [-0.1, -0.05) is 13.8 Å². The summed E-state index contributed by atoms with van der Waals surface area (Å²) in [4.78, 5) is 11.7. The van der Waals surface area contributed by atoms with Gasteiger partial charge in [-0.25, -0.2) is 0 Å². The van der Waals surface area contributed by atoms with E-state index >= 15 is 0 Å². The molecule has 0 aliphatic carbocycles. The number of ketones is 1. The lowest BCUT2D eigenvalue weighted by Gasteiger charge is -2.13. The van der Waals surface area contributed by atoms with Crippen LogP contribution in [0.2, 0.25) is 0 Å². The number of carbonyl (C=O) groups is 1. The number of hydrogen-bond acceptors (Lipinski definition) is 3. The molecule has 2 N–H and O–H groups in total. The number of aryl methyl sites for hydroxylation is 2. The highest BCUT2D eigenvalue weighted by atomic mass is 16.1. The number of rotatable bonds is 4. The van der Waals surface area contributed by atoms with Crippen LogP contribution in [0, 0.1) is 12.8 Å². The Morgan fingerprint density at radius 2 is 2.20 bits per heavy atom. The number of Topliss-reactive ketones (excluding diaryl/α,β-unsaturated/α-hetero) is 1. The zero-order chi connectivity index (χ0) is 11.6. The average Bonchev–Trinajstić information content (AvgIpc) is 2.43. The Kier molecular flexibility index (Phi) is 3.63. The Hall–Kier alpha value is -1.16. The second kappa shape index (κ2) is 4.57. The first-order valence-electron chi connectivity index (χ1n) is 5.19. The monoisotopic (exact) mass is 209 g/mol. The summed E-state index contributed by atoms with van der Waals surface area (Å²) in [5, 5.41) is 4.19. The fourth-order valence-corrected chi connectivity index (χ4v) is 1.50. The van der Waals surface area contributed by atoms with E-state index in [-0.39, 0.29) is 17.7 Å². The number of nitrogens with zero attached hydrogens (tertiary/aromatic N) is 2. The van der Waals surface area contributed by atoms with Gasteiger partial charge in [-0.15, -0.1) is 0 Å². The predicted molar refractivity (Wildman–Crippen MR) is 59.5 cm³/mol. The molecule has 0 spiro atoms. The topological polar surface area (TPSA) is 60.9 Å². The third-order valence-electron chi connectivity index (χ3n) is 2.54. The summed E-state index contributed by atoms with van der Waals surface area (Å²) in [6.07, 6.45) is 0.372. The quantitative estimate of drug-likeness (QED) is 0.798. The van der Waals surface area contributed by atoms with Crippen molar-refractivity contribution in [2.45, 2.75) is 33.2 Å². The molecule has 0 bridgehead atoms. The minimum Gasteiger partial charge on any atom is -0.321 e. The number of nitrogens with two attached hydrogens (primary N) is 1. The van der Waals surface area contributed by atoms with Crippen LogP contribution >= 0.6 is 0 Å². The fraction of sp³-hybridized carbons (Fsp3) is 0.636. The second-order valence-electron chi connectivity index (χ2n) is 4.31. The normalized spacial score (nSPS) is 13.2. The van der Waals surface area contributed by atoms with Crippen LogP contribution in [-0.2, 0) is 18.3 Å². The Bertz CT molecular complexity index is 355. The van der Waals surface area contributed by atoms with Gasteiger partial charge in [-0.3, -0.25) is 9.48 Å². The number of aromatic nitrogens is 2. The van der Waals surface area contributed by atoms with E-state index in [0.29, 0.717) is 6.42 Å². The summed E-state index contributed by atoms with van der Waals surface area (Å²) in [6, 6.07) is 1.55. The first-order chi connectivity index (χ1) is 6.91. The van der Waals surface area contributed by atoms with Crippen molar-refractivity contribution in [3.8, 4) is 0 Å². The van der Waals surface area contributed by atoms with E-state index in [1.807, 2.05) is 33.9 Å². The van der Waals surface area contributed by atoms with Crippen molar-refractivity contribution in [1.29, 1.82) is 0 Å². The molecule has 0 aliphatic rings. The van der Waals surface area contributed by atoms with Crippen molar-refractivity contribution >= 4 is 5.78 Å². The molecule has 0 saturated heterocycles. The van der Waals surface area contributed by atoms with E-state index in [2.05, 4.69) is 5.10 Å². The molecule has 84 valence electrons. The van der Waals surface area contributed by atoms with Gasteiger partial charge in [0.05, 0.1) is 18.2 Å². The Balaban J connectivity index is 2.70. The van der Waals surface area contributed by atoms with Gasteiger partial charge >= 0.3 is 0 Å². The summed E-state index contributed by atoms with van der Waals surface area (Å²) >= 11 is 0. The number of carbonyl (C=O) groups excluding carboxylic acids is 1. The van der Waals surface area contributed by atoms with Crippen LogP contribution in [0.25, 0.3) is 0 Å². The van der Waals surface area contributed by atoms with Crippen LogP contribution in [0.3, 0.4) is 0 Å². The van der Waals surface area contributed by atoms with Gasteiger partial charge in [-0.2, -0.15) is 5.10 Å². The lowest BCUT2D eigenvalue weighted by molar-refractivity contribution is -0.120. The van der Waals surface area contributed by atoms with E-state index < -0.39 is 0 Å². The molecule has 1 unspecified atom stereocenters. The Labute approximate surface area is 90.5 Å². The first-order valence-corrected chi connectivity index (χ1v) is 5.19. The zero-order valence-electron chi connectivity index (χ0n) is 9.82. The molecular weight excluding hydrogens is 190 g/mol. The second-order valence-corrected chi connectivity index (χ2v) is 4.31. The minimum atomic E-state index is -0.375. The third-order valence-corrected chi connectivity index (χ3v) is 2.54. The van der Waals surface area contributed by atoms with Crippen molar-refractivity contribution in [2.75, 3.05) is 0 Å². The summed E-state index contributed by atoms with van der Waals surface area (Å²) in [5.41, 5.74) is 7.64. The standard InChI is InChI=1S/C11H19N3O/c1-7(2)11(12)10(15)6-9-5-8(3)13-14(9)4/h5,7,11H,6,12H2,1-4H3. The van der Waals surface area contributed by atoms with Crippen molar-refractivity contribution in [3.63, 3.8) is 0 Å². The molecule has 4 nitrogen and oxygen atoms in total. The van der Waals surface area contributed by atoms with E-state index in [4.69, 9.17) is 5.73 Å². The highest BCUT2D eigenvalue weighted by Crippen LogP contribution is 2.07. The molecule has 1 aromatic rings. The molecule has 0 amide bonds. The molecule has 1 aromatic heterocycles. The van der Waals surface area contributed by atoms with E-state index in [1.165, 1.54) is 0 Å². The van der Waals surface area contributed by atoms with Gasteiger partial charge in [0.25, 0.3) is 0 Å². The van der Waals surface area contributed by atoms with Gasteiger partial charge < -0.3 is 5.73 Å². The summed E-state index contributed by atoms with van der Waals surface area (Å²) in [6.45, 7) is 5.82. The largest absolute Gasteiger partial charge is 0.321 e. The molecule has 0 radical (unpaired) electrons. The van der Waals surface area contributed by atoms with Crippen LogP contribution in [0.1, 0.15) is 25.2 Å². The van der Waals surface area contributed by atoms with Gasteiger partial charge in [0.2, 0.25) is 0 Å². The van der Waals surface area contributed by atoms with E-state index in [1.54, 1.807) is 4.68 Å². The highest BCUT2D eigenvalue weighted by Gasteiger charge is 2.18. The molecule has 0 fully saturated rings. The van der Waals surface area contributed by atoms with E-state index in [0.717, 1.165) is 11.4 Å². The molecule has 0 aliphatic heterocycles. The zero-order valence-corrected chi connectivity index (χ0v) is 9.82. The van der Waals surface area contributed by atoms with Crippen molar-refractivity contribution in [3.05, 3.63) is 17.5 Å². The molecule has 0 saturated carbocycles. The molecular formula is C11H19N3O. The maximum atomic E-state index is 11.7. The molecule has 15 heavy (non-hydrogen) atoms. The van der Waals surface area contributed by atoms with E-state index in [9.17, 15) is 4.79 Å². The third kappa shape index (κ3) is 2.89. The summed E-state index contributed by atoms with van der Waals surface area (Å²) in [7, 11) is 1.84. The summed E-state index contributed by atoms with van der Waals surface area (Å²) < 4.78 is 1.74. The highest BCUT2D eigenvalue weighted by molar-refractivity contribution is 5.85. The summed E-state index contributed by atoms with van der Waals surface area (Å²) in [5.74, 6) is 0.264. The lowest BCUT2D eigenvalue weighted by atomic mass is 9.98. The Morgan fingerprint density at radius 3 is 2.60 bits per heavy atom. The van der Waals surface area contributed by atoms with Crippen LogP contribution < -0.4 is 5.73 Å². The Morgan fingerprint density at radius 1 is 1.60 bits per heavy atom.